The standard InChI is InChI=1S/C17H22N4O4S2/c1-11(22)20-6-5-13-14(9-18)17(26-15(13)10-20)19-16(23)12-3-7-21(8-4-12)27(2,24)25/h12H,3-8,10H2,1-2H3,(H,19,23). The number of carbonyl (C=O) groups is 2. The summed E-state index contributed by atoms with van der Waals surface area (Å²) in [6, 6.07) is 2.19. The third-order valence-electron chi connectivity index (χ3n) is 5.14. The van der Waals surface area contributed by atoms with Crippen molar-refractivity contribution >= 4 is 38.2 Å². The van der Waals surface area contributed by atoms with Crippen LogP contribution in [0.3, 0.4) is 0 Å². The first-order chi connectivity index (χ1) is 12.7. The molecule has 3 rings (SSSR count). The molecule has 0 unspecified atom stereocenters. The first kappa shape index (κ1) is 19.8. The lowest BCUT2D eigenvalue weighted by atomic mass is 9.97. The highest BCUT2D eigenvalue weighted by Crippen LogP contribution is 2.37. The van der Waals surface area contributed by atoms with Crippen LogP contribution >= 0.6 is 11.3 Å². The average Bonchev–Trinajstić information content (AvgIpc) is 2.96. The third-order valence-corrected chi connectivity index (χ3v) is 7.58. The fourth-order valence-corrected chi connectivity index (χ4v) is 5.63. The molecule has 0 bridgehead atoms. The summed E-state index contributed by atoms with van der Waals surface area (Å²) in [5, 5.41) is 12.9. The maximum atomic E-state index is 12.6. The van der Waals surface area contributed by atoms with Crippen LogP contribution in [0.1, 0.15) is 35.8 Å². The molecule has 0 spiro atoms. The van der Waals surface area contributed by atoms with Crippen LogP contribution in [0.15, 0.2) is 0 Å². The van der Waals surface area contributed by atoms with Gasteiger partial charge in [-0.1, -0.05) is 0 Å². The van der Waals surface area contributed by atoms with Gasteiger partial charge >= 0.3 is 0 Å². The minimum Gasteiger partial charge on any atom is -0.337 e. The van der Waals surface area contributed by atoms with E-state index in [2.05, 4.69) is 11.4 Å². The van der Waals surface area contributed by atoms with E-state index in [0.717, 1.165) is 10.4 Å². The lowest BCUT2D eigenvalue weighted by Crippen LogP contribution is -2.40. The smallest absolute Gasteiger partial charge is 0.228 e. The second kappa shape index (κ2) is 7.58. The molecule has 8 nitrogen and oxygen atoms in total. The van der Waals surface area contributed by atoms with Crippen LogP contribution in [0.4, 0.5) is 5.00 Å². The monoisotopic (exact) mass is 410 g/mol. The Morgan fingerprint density at radius 3 is 2.48 bits per heavy atom. The zero-order valence-electron chi connectivity index (χ0n) is 15.3. The van der Waals surface area contributed by atoms with Gasteiger partial charge in [-0.25, -0.2) is 12.7 Å². The van der Waals surface area contributed by atoms with Gasteiger partial charge in [0, 0.05) is 37.4 Å². The molecule has 2 amide bonds. The van der Waals surface area contributed by atoms with Crippen molar-refractivity contribution in [3.63, 3.8) is 0 Å². The first-order valence-electron chi connectivity index (χ1n) is 8.77. The van der Waals surface area contributed by atoms with Gasteiger partial charge < -0.3 is 10.2 Å². The van der Waals surface area contributed by atoms with E-state index in [1.807, 2.05) is 0 Å². The largest absolute Gasteiger partial charge is 0.337 e. The Morgan fingerprint density at radius 1 is 1.26 bits per heavy atom. The number of nitriles is 1. The molecule has 1 fully saturated rings. The molecule has 1 N–H and O–H groups in total. The van der Waals surface area contributed by atoms with Crippen molar-refractivity contribution in [2.75, 3.05) is 31.2 Å². The molecule has 0 saturated carbocycles. The van der Waals surface area contributed by atoms with E-state index in [0.29, 0.717) is 56.0 Å². The molecule has 1 aromatic rings. The Bertz CT molecular complexity index is 908. The minimum absolute atomic E-state index is 0.00391. The maximum Gasteiger partial charge on any atom is 0.228 e. The molecule has 0 radical (unpaired) electrons. The van der Waals surface area contributed by atoms with E-state index >= 15 is 0 Å². The molecule has 0 aliphatic carbocycles. The second-order valence-corrected chi connectivity index (χ2v) is 10.0. The Kier molecular flexibility index (Phi) is 5.55. The fraction of sp³-hybridized carbons (Fsp3) is 0.588. The quantitative estimate of drug-likeness (QED) is 0.803. The molecule has 1 aromatic heterocycles. The number of sulfonamides is 1. The topological polar surface area (TPSA) is 111 Å². The van der Waals surface area contributed by atoms with Crippen LogP contribution in [0.5, 0.6) is 0 Å². The van der Waals surface area contributed by atoms with Crippen molar-refractivity contribution in [3.05, 3.63) is 16.0 Å². The van der Waals surface area contributed by atoms with Crippen molar-refractivity contribution in [2.24, 2.45) is 5.92 Å². The van der Waals surface area contributed by atoms with Crippen LogP contribution in [0, 0.1) is 17.2 Å². The number of carbonyl (C=O) groups excluding carboxylic acids is 2. The highest BCUT2D eigenvalue weighted by Gasteiger charge is 2.31. The second-order valence-electron chi connectivity index (χ2n) is 6.94. The molecule has 3 heterocycles. The molecule has 27 heavy (non-hydrogen) atoms. The third kappa shape index (κ3) is 4.15. The van der Waals surface area contributed by atoms with Gasteiger partial charge in [0.25, 0.3) is 0 Å². The van der Waals surface area contributed by atoms with Gasteiger partial charge in [-0.2, -0.15) is 5.26 Å². The molecule has 1 saturated heterocycles. The minimum atomic E-state index is -3.23. The normalized spacial score (nSPS) is 18.6. The van der Waals surface area contributed by atoms with E-state index in [-0.39, 0.29) is 17.7 Å². The molecular weight excluding hydrogens is 388 g/mol. The number of nitrogens with zero attached hydrogens (tertiary/aromatic N) is 3. The SMILES string of the molecule is CC(=O)N1CCc2c(sc(NC(=O)C3CCN(S(C)(=O)=O)CC3)c2C#N)C1. The molecule has 2 aliphatic rings. The van der Waals surface area contributed by atoms with Gasteiger partial charge in [-0.15, -0.1) is 11.3 Å². The summed E-state index contributed by atoms with van der Waals surface area (Å²) in [6.07, 6.45) is 2.71. The summed E-state index contributed by atoms with van der Waals surface area (Å²) in [7, 11) is -3.23. The van der Waals surface area contributed by atoms with Crippen LogP contribution < -0.4 is 5.32 Å². The predicted molar refractivity (Wildman–Crippen MR) is 102 cm³/mol. The average molecular weight is 411 g/mol. The van der Waals surface area contributed by atoms with E-state index in [1.165, 1.54) is 28.8 Å². The lowest BCUT2D eigenvalue weighted by molar-refractivity contribution is -0.129. The van der Waals surface area contributed by atoms with Crippen molar-refractivity contribution in [2.45, 2.75) is 32.7 Å². The number of thiophene rings is 1. The first-order valence-corrected chi connectivity index (χ1v) is 11.4. The number of nitrogens with one attached hydrogen (secondary N) is 1. The van der Waals surface area contributed by atoms with Gasteiger partial charge in [-0.3, -0.25) is 9.59 Å². The number of anilines is 1. The van der Waals surface area contributed by atoms with Crippen molar-refractivity contribution in [1.29, 1.82) is 5.26 Å². The summed E-state index contributed by atoms with van der Waals surface area (Å²) in [4.78, 5) is 26.9. The van der Waals surface area contributed by atoms with Gasteiger partial charge in [-0.05, 0) is 24.8 Å². The van der Waals surface area contributed by atoms with Crippen LogP contribution in [0.25, 0.3) is 0 Å². The van der Waals surface area contributed by atoms with Gasteiger partial charge in [0.05, 0.1) is 18.4 Å². The van der Waals surface area contributed by atoms with Crippen LogP contribution in [-0.4, -0.2) is 55.3 Å². The van der Waals surface area contributed by atoms with Gasteiger partial charge in [0.2, 0.25) is 21.8 Å². The molecule has 146 valence electrons. The van der Waals surface area contributed by atoms with E-state index < -0.39 is 10.0 Å². The number of hydrogen-bond acceptors (Lipinski definition) is 6. The van der Waals surface area contributed by atoms with E-state index in [9.17, 15) is 23.3 Å². The number of piperidine rings is 1. The maximum absolute atomic E-state index is 12.6. The lowest BCUT2D eigenvalue weighted by Gasteiger charge is -2.29. The number of rotatable bonds is 3. The Labute approximate surface area is 162 Å². The van der Waals surface area contributed by atoms with Crippen molar-refractivity contribution < 1.29 is 18.0 Å². The predicted octanol–water partition coefficient (Wildman–Crippen LogP) is 1.13. The highest BCUT2D eigenvalue weighted by molar-refractivity contribution is 7.88. The van der Waals surface area contributed by atoms with Gasteiger partial charge in [0.1, 0.15) is 11.1 Å². The summed E-state index contributed by atoms with van der Waals surface area (Å²) < 4.78 is 24.6. The van der Waals surface area contributed by atoms with Crippen LogP contribution in [-0.2, 0) is 32.6 Å². The van der Waals surface area contributed by atoms with Crippen LogP contribution in [0.2, 0.25) is 0 Å². The highest BCUT2D eigenvalue weighted by atomic mass is 32.2. The van der Waals surface area contributed by atoms with Gasteiger partial charge in [0.15, 0.2) is 0 Å². The molecular formula is C17H22N4O4S2. The summed E-state index contributed by atoms with van der Waals surface area (Å²) >= 11 is 1.35. The number of fused-ring (bicyclic) bond motifs is 1. The zero-order valence-corrected chi connectivity index (χ0v) is 17.0. The fourth-order valence-electron chi connectivity index (χ4n) is 3.54. The molecule has 0 aromatic carbocycles. The number of hydrogen-bond donors (Lipinski definition) is 1. The summed E-state index contributed by atoms with van der Waals surface area (Å²) in [6.45, 7) is 3.22. The number of amides is 2. The zero-order chi connectivity index (χ0) is 19.8. The van der Waals surface area contributed by atoms with E-state index in [1.54, 1.807) is 4.90 Å². The van der Waals surface area contributed by atoms with Crippen molar-refractivity contribution in [3.8, 4) is 6.07 Å². The Morgan fingerprint density at radius 2 is 1.93 bits per heavy atom. The molecule has 10 heteroatoms. The Hall–Kier alpha value is -1.96. The Balaban J connectivity index is 1.71. The van der Waals surface area contributed by atoms with Crippen molar-refractivity contribution in [1.82, 2.24) is 9.21 Å². The van der Waals surface area contributed by atoms with E-state index in [4.69, 9.17) is 0 Å². The molecule has 2 aliphatic heterocycles. The molecule has 0 atom stereocenters. The summed E-state index contributed by atoms with van der Waals surface area (Å²) in [5.74, 6) is -0.458. The summed E-state index contributed by atoms with van der Waals surface area (Å²) in [5.41, 5.74) is 1.40.